The lowest BCUT2D eigenvalue weighted by Crippen LogP contribution is -2.54. The summed E-state index contributed by atoms with van der Waals surface area (Å²) in [6, 6.07) is 0.446. The minimum absolute atomic E-state index is 0.220. The maximum Gasteiger partial charge on any atom is 0.242 e. The van der Waals surface area contributed by atoms with Crippen LogP contribution in [0.25, 0.3) is 0 Å². The van der Waals surface area contributed by atoms with E-state index in [9.17, 15) is 4.79 Å². The second-order valence-electron chi connectivity index (χ2n) is 6.63. The number of amides is 1. The molecule has 6 nitrogen and oxygen atoms in total. The van der Waals surface area contributed by atoms with Crippen LogP contribution >= 0.6 is 0 Å². The Morgan fingerprint density at radius 3 is 2.57 bits per heavy atom. The molecule has 2 fully saturated rings. The van der Waals surface area contributed by atoms with Gasteiger partial charge in [-0.25, -0.2) is 4.98 Å². The largest absolute Gasteiger partial charge is 0.368 e. The molecule has 3 rings (SSSR count). The predicted molar refractivity (Wildman–Crippen MR) is 91.4 cm³/mol. The fourth-order valence-corrected chi connectivity index (χ4v) is 3.87. The van der Waals surface area contributed by atoms with Crippen molar-refractivity contribution in [2.45, 2.75) is 58.4 Å². The van der Waals surface area contributed by atoms with E-state index in [1.165, 1.54) is 19.3 Å². The van der Waals surface area contributed by atoms with Crippen molar-refractivity contribution in [2.24, 2.45) is 0 Å². The third-order valence-electron chi connectivity index (χ3n) is 5.15. The molecule has 23 heavy (non-hydrogen) atoms. The SMILES string of the molecule is CCc1nc(N)nc(N2CCN(C3CCCCC3)C(=O)C2)c1C. The molecule has 1 aliphatic heterocycles. The summed E-state index contributed by atoms with van der Waals surface area (Å²) in [5.74, 6) is 1.34. The number of aryl methyl sites for hydroxylation is 1. The molecule has 1 saturated carbocycles. The predicted octanol–water partition coefficient (Wildman–Crippen LogP) is 1.91. The minimum atomic E-state index is 0.220. The molecule has 0 unspecified atom stereocenters. The third-order valence-corrected chi connectivity index (χ3v) is 5.15. The summed E-state index contributed by atoms with van der Waals surface area (Å²) < 4.78 is 0. The van der Waals surface area contributed by atoms with Crippen LogP contribution in [0, 0.1) is 6.92 Å². The van der Waals surface area contributed by atoms with Gasteiger partial charge in [-0.05, 0) is 26.2 Å². The fraction of sp³-hybridized carbons (Fsp3) is 0.706. The van der Waals surface area contributed by atoms with Crippen molar-refractivity contribution < 1.29 is 4.79 Å². The van der Waals surface area contributed by atoms with E-state index in [1.807, 2.05) is 6.92 Å². The Morgan fingerprint density at radius 2 is 1.91 bits per heavy atom. The van der Waals surface area contributed by atoms with Gasteiger partial charge in [0.15, 0.2) is 0 Å². The summed E-state index contributed by atoms with van der Waals surface area (Å²) in [5, 5.41) is 0. The Bertz CT molecular complexity index is 583. The minimum Gasteiger partial charge on any atom is -0.368 e. The van der Waals surface area contributed by atoms with Crippen molar-refractivity contribution in [3.8, 4) is 0 Å². The van der Waals surface area contributed by atoms with Crippen molar-refractivity contribution in [1.29, 1.82) is 0 Å². The van der Waals surface area contributed by atoms with Gasteiger partial charge < -0.3 is 15.5 Å². The van der Waals surface area contributed by atoms with Gasteiger partial charge in [0.05, 0.1) is 12.2 Å². The van der Waals surface area contributed by atoms with Crippen LogP contribution in [0.3, 0.4) is 0 Å². The van der Waals surface area contributed by atoms with Gasteiger partial charge in [0, 0.05) is 24.7 Å². The van der Waals surface area contributed by atoms with Crippen LogP contribution in [0.15, 0.2) is 0 Å². The zero-order valence-corrected chi connectivity index (χ0v) is 14.2. The molecule has 1 aliphatic carbocycles. The lowest BCUT2D eigenvalue weighted by atomic mass is 9.93. The summed E-state index contributed by atoms with van der Waals surface area (Å²) >= 11 is 0. The monoisotopic (exact) mass is 317 g/mol. The number of hydrogen-bond donors (Lipinski definition) is 1. The lowest BCUT2D eigenvalue weighted by molar-refractivity contribution is -0.134. The Kier molecular flexibility index (Phi) is 4.68. The molecule has 2 aliphatic rings. The van der Waals surface area contributed by atoms with Crippen LogP contribution in [0.4, 0.5) is 11.8 Å². The number of nitrogens with two attached hydrogens (primary N) is 1. The summed E-state index contributed by atoms with van der Waals surface area (Å²) in [7, 11) is 0. The van der Waals surface area contributed by atoms with Gasteiger partial charge in [0.1, 0.15) is 5.82 Å². The maximum absolute atomic E-state index is 12.6. The first kappa shape index (κ1) is 16.0. The number of nitrogens with zero attached hydrogens (tertiary/aromatic N) is 4. The Labute approximate surface area is 138 Å². The number of nitrogen functional groups attached to an aromatic ring is 1. The van der Waals surface area contributed by atoms with Crippen LogP contribution in [0.2, 0.25) is 0 Å². The first-order chi connectivity index (χ1) is 11.1. The normalized spacial score (nSPS) is 20.2. The van der Waals surface area contributed by atoms with E-state index in [0.717, 1.165) is 49.4 Å². The average Bonchev–Trinajstić information content (AvgIpc) is 2.57. The number of carbonyl (C=O) groups excluding carboxylic acids is 1. The van der Waals surface area contributed by atoms with E-state index in [1.54, 1.807) is 0 Å². The van der Waals surface area contributed by atoms with E-state index in [0.29, 0.717) is 18.5 Å². The van der Waals surface area contributed by atoms with E-state index in [-0.39, 0.29) is 5.91 Å². The van der Waals surface area contributed by atoms with Crippen molar-refractivity contribution in [2.75, 3.05) is 30.3 Å². The lowest BCUT2D eigenvalue weighted by Gasteiger charge is -2.41. The second-order valence-corrected chi connectivity index (χ2v) is 6.63. The van der Waals surface area contributed by atoms with Crippen LogP contribution in [0.1, 0.15) is 50.3 Å². The highest BCUT2D eigenvalue weighted by Crippen LogP contribution is 2.27. The second kappa shape index (κ2) is 6.72. The van der Waals surface area contributed by atoms with Gasteiger partial charge in [-0.1, -0.05) is 26.2 Å². The van der Waals surface area contributed by atoms with Crippen molar-refractivity contribution in [3.05, 3.63) is 11.3 Å². The van der Waals surface area contributed by atoms with Gasteiger partial charge in [-0.15, -0.1) is 0 Å². The molecule has 1 amide bonds. The Balaban J connectivity index is 1.75. The molecular formula is C17H27N5O. The quantitative estimate of drug-likeness (QED) is 0.921. The number of carbonyl (C=O) groups is 1. The average molecular weight is 317 g/mol. The van der Waals surface area contributed by atoms with Crippen molar-refractivity contribution >= 4 is 17.7 Å². The van der Waals surface area contributed by atoms with E-state index < -0.39 is 0 Å². The smallest absolute Gasteiger partial charge is 0.242 e. The number of anilines is 2. The topological polar surface area (TPSA) is 75.3 Å². The van der Waals surface area contributed by atoms with E-state index in [2.05, 4.69) is 26.7 Å². The summed E-state index contributed by atoms with van der Waals surface area (Å²) in [4.78, 5) is 25.5. The maximum atomic E-state index is 12.6. The molecule has 1 aromatic rings. The summed E-state index contributed by atoms with van der Waals surface area (Å²) in [6.45, 7) is 6.09. The van der Waals surface area contributed by atoms with Crippen molar-refractivity contribution in [1.82, 2.24) is 14.9 Å². The van der Waals surface area contributed by atoms with Crippen molar-refractivity contribution in [3.63, 3.8) is 0 Å². The molecule has 0 aromatic carbocycles. The van der Waals surface area contributed by atoms with Crippen LogP contribution in [0.5, 0.6) is 0 Å². The molecule has 0 radical (unpaired) electrons. The van der Waals surface area contributed by atoms with Crippen LogP contribution in [-0.2, 0) is 11.2 Å². The van der Waals surface area contributed by atoms with E-state index >= 15 is 0 Å². The summed E-state index contributed by atoms with van der Waals surface area (Å²) in [6.07, 6.45) is 6.95. The molecule has 0 atom stereocenters. The third kappa shape index (κ3) is 3.26. The number of piperazine rings is 1. The number of rotatable bonds is 3. The molecule has 126 valence electrons. The molecule has 2 heterocycles. The van der Waals surface area contributed by atoms with Gasteiger partial charge in [0.2, 0.25) is 11.9 Å². The number of aromatic nitrogens is 2. The van der Waals surface area contributed by atoms with Gasteiger partial charge >= 0.3 is 0 Å². The van der Waals surface area contributed by atoms with E-state index in [4.69, 9.17) is 5.73 Å². The molecule has 0 spiro atoms. The van der Waals surface area contributed by atoms with Gasteiger partial charge in [0.25, 0.3) is 0 Å². The van der Waals surface area contributed by atoms with Gasteiger partial charge in [-0.3, -0.25) is 4.79 Å². The highest BCUT2D eigenvalue weighted by atomic mass is 16.2. The summed E-state index contributed by atoms with van der Waals surface area (Å²) in [5.41, 5.74) is 7.85. The molecular weight excluding hydrogens is 290 g/mol. The fourth-order valence-electron chi connectivity index (χ4n) is 3.87. The Morgan fingerprint density at radius 1 is 1.17 bits per heavy atom. The highest BCUT2D eigenvalue weighted by Gasteiger charge is 2.31. The standard InChI is InChI=1S/C17H27N5O/c1-3-14-12(2)16(20-17(18)19-14)21-9-10-22(15(23)11-21)13-7-5-4-6-8-13/h13H,3-11H2,1-2H3,(H2,18,19,20). The van der Waals surface area contributed by atoms with Crippen LogP contribution in [-0.4, -0.2) is 46.5 Å². The first-order valence-electron chi connectivity index (χ1n) is 8.77. The zero-order valence-electron chi connectivity index (χ0n) is 14.2. The van der Waals surface area contributed by atoms with Gasteiger partial charge in [-0.2, -0.15) is 4.98 Å². The molecule has 2 N–H and O–H groups in total. The highest BCUT2D eigenvalue weighted by molar-refractivity contribution is 5.83. The van der Waals surface area contributed by atoms with Crippen LogP contribution < -0.4 is 10.6 Å². The first-order valence-corrected chi connectivity index (χ1v) is 8.77. The molecule has 1 aromatic heterocycles. The molecule has 6 heteroatoms. The number of hydrogen-bond acceptors (Lipinski definition) is 5. The molecule has 0 bridgehead atoms. The molecule has 1 saturated heterocycles. The Hall–Kier alpha value is -1.85. The zero-order chi connectivity index (χ0) is 16.4.